The minimum atomic E-state index is 0.926. The molecule has 184 valence electrons. The molecule has 0 fully saturated rings. The lowest BCUT2D eigenvalue weighted by Gasteiger charge is -2.13. The molecule has 2 aromatic heterocycles. The third kappa shape index (κ3) is 3.42. The van der Waals surface area contributed by atoms with Gasteiger partial charge in [-0.15, -0.1) is 0 Å². The molecular formula is C37H25NO. The molecule has 0 aliphatic rings. The average molecular weight is 500 g/mol. The van der Waals surface area contributed by atoms with Gasteiger partial charge in [0, 0.05) is 27.2 Å². The van der Waals surface area contributed by atoms with Crippen molar-refractivity contribution in [1.82, 2.24) is 4.57 Å². The first kappa shape index (κ1) is 22.0. The largest absolute Gasteiger partial charge is 0.456 e. The van der Waals surface area contributed by atoms with E-state index in [4.69, 9.17) is 4.42 Å². The number of para-hydroxylation sites is 3. The predicted molar refractivity (Wildman–Crippen MR) is 164 cm³/mol. The number of hydrogen-bond donors (Lipinski definition) is 0. The summed E-state index contributed by atoms with van der Waals surface area (Å²) in [6.07, 6.45) is 0. The number of furan rings is 1. The highest BCUT2D eigenvalue weighted by Gasteiger charge is 2.14. The lowest BCUT2D eigenvalue weighted by atomic mass is 9.98. The molecule has 8 aromatic rings. The highest BCUT2D eigenvalue weighted by atomic mass is 16.3. The number of nitrogens with zero attached hydrogens (tertiary/aromatic N) is 1. The molecule has 0 saturated carbocycles. The maximum Gasteiger partial charge on any atom is 0.135 e. The topological polar surface area (TPSA) is 18.1 Å². The van der Waals surface area contributed by atoms with Crippen LogP contribution in [0.4, 0.5) is 0 Å². The molecule has 0 atom stereocenters. The number of fused-ring (bicyclic) bond motifs is 6. The van der Waals surface area contributed by atoms with E-state index in [0.29, 0.717) is 0 Å². The zero-order chi connectivity index (χ0) is 25.9. The normalized spacial score (nSPS) is 11.7. The van der Waals surface area contributed by atoms with Crippen LogP contribution in [0.25, 0.3) is 71.7 Å². The first-order valence-electron chi connectivity index (χ1n) is 13.4. The zero-order valence-corrected chi connectivity index (χ0v) is 21.6. The van der Waals surface area contributed by atoms with Crippen LogP contribution in [0.5, 0.6) is 0 Å². The van der Waals surface area contributed by atoms with Crippen molar-refractivity contribution in [3.8, 4) is 27.9 Å². The van der Waals surface area contributed by atoms with Crippen LogP contribution in [-0.4, -0.2) is 4.57 Å². The summed E-state index contributed by atoms with van der Waals surface area (Å²) in [6, 6.07) is 47.7. The van der Waals surface area contributed by atoms with Crippen molar-refractivity contribution in [3.63, 3.8) is 0 Å². The number of aryl methyl sites for hydroxylation is 1. The van der Waals surface area contributed by atoms with E-state index in [1.54, 1.807) is 0 Å². The van der Waals surface area contributed by atoms with Crippen molar-refractivity contribution >= 4 is 43.7 Å². The zero-order valence-electron chi connectivity index (χ0n) is 21.6. The minimum absolute atomic E-state index is 0.926. The van der Waals surface area contributed by atoms with Gasteiger partial charge < -0.3 is 8.98 Å². The van der Waals surface area contributed by atoms with Gasteiger partial charge >= 0.3 is 0 Å². The second kappa shape index (κ2) is 8.47. The molecule has 0 aliphatic carbocycles. The molecule has 0 amide bonds. The van der Waals surface area contributed by atoms with E-state index in [9.17, 15) is 0 Å². The molecule has 0 saturated heterocycles. The standard InChI is InChI=1S/C37H25NO/c1-24-22-27(18-20-33(24)38-34-11-5-2-8-29(34)30-9-3-6-12-35(30)38)25-14-16-26(17-15-25)28-19-21-37-32(23-28)31-10-4-7-13-36(31)39-37/h2-23H,1H3. The van der Waals surface area contributed by atoms with Crippen LogP contribution in [0.3, 0.4) is 0 Å². The summed E-state index contributed by atoms with van der Waals surface area (Å²) in [5, 5.41) is 4.88. The molecule has 0 bridgehead atoms. The van der Waals surface area contributed by atoms with Crippen LogP contribution < -0.4 is 0 Å². The fourth-order valence-electron chi connectivity index (χ4n) is 6.03. The van der Waals surface area contributed by atoms with E-state index in [2.05, 4.69) is 133 Å². The monoisotopic (exact) mass is 499 g/mol. The molecule has 39 heavy (non-hydrogen) atoms. The van der Waals surface area contributed by atoms with E-state index in [0.717, 1.165) is 21.9 Å². The fourth-order valence-corrected chi connectivity index (χ4v) is 6.03. The van der Waals surface area contributed by atoms with Crippen molar-refractivity contribution in [2.24, 2.45) is 0 Å². The van der Waals surface area contributed by atoms with Crippen molar-refractivity contribution in [1.29, 1.82) is 0 Å². The van der Waals surface area contributed by atoms with Crippen LogP contribution in [0.1, 0.15) is 5.56 Å². The second-order valence-electron chi connectivity index (χ2n) is 10.3. The van der Waals surface area contributed by atoms with E-state index in [-0.39, 0.29) is 0 Å². The Balaban J connectivity index is 1.17. The van der Waals surface area contributed by atoms with Gasteiger partial charge in [0.05, 0.1) is 11.0 Å². The molecule has 0 radical (unpaired) electrons. The van der Waals surface area contributed by atoms with Gasteiger partial charge in [0.15, 0.2) is 0 Å². The SMILES string of the molecule is Cc1cc(-c2ccc(-c3ccc4oc5ccccc5c4c3)cc2)ccc1-n1c2ccccc2c2ccccc21. The molecule has 0 aliphatic heterocycles. The van der Waals surface area contributed by atoms with Gasteiger partial charge in [-0.2, -0.15) is 0 Å². The molecule has 0 N–H and O–H groups in total. The molecule has 2 heteroatoms. The van der Waals surface area contributed by atoms with Crippen LogP contribution in [-0.2, 0) is 0 Å². The Labute approximate surface area is 226 Å². The first-order valence-corrected chi connectivity index (χ1v) is 13.4. The lowest BCUT2D eigenvalue weighted by Crippen LogP contribution is -1.97. The number of benzene rings is 6. The van der Waals surface area contributed by atoms with Gasteiger partial charge in [-0.1, -0.05) is 91.0 Å². The molecule has 8 rings (SSSR count). The van der Waals surface area contributed by atoms with Crippen LogP contribution >= 0.6 is 0 Å². The van der Waals surface area contributed by atoms with Gasteiger partial charge in [-0.3, -0.25) is 0 Å². The Hall–Kier alpha value is -5.08. The van der Waals surface area contributed by atoms with E-state index in [1.807, 2.05) is 12.1 Å². The van der Waals surface area contributed by atoms with E-state index in [1.165, 1.54) is 55.3 Å². The molecule has 2 heterocycles. The van der Waals surface area contributed by atoms with Crippen molar-refractivity contribution in [2.45, 2.75) is 6.92 Å². The minimum Gasteiger partial charge on any atom is -0.456 e. The van der Waals surface area contributed by atoms with Crippen LogP contribution in [0, 0.1) is 6.92 Å². The van der Waals surface area contributed by atoms with Crippen molar-refractivity contribution in [3.05, 3.63) is 139 Å². The molecule has 2 nitrogen and oxygen atoms in total. The summed E-state index contributed by atoms with van der Waals surface area (Å²) in [6.45, 7) is 2.21. The van der Waals surface area contributed by atoms with Gasteiger partial charge in [0.2, 0.25) is 0 Å². The van der Waals surface area contributed by atoms with Crippen LogP contribution in [0.2, 0.25) is 0 Å². The second-order valence-corrected chi connectivity index (χ2v) is 10.3. The van der Waals surface area contributed by atoms with Crippen molar-refractivity contribution in [2.75, 3.05) is 0 Å². The lowest BCUT2D eigenvalue weighted by molar-refractivity contribution is 0.669. The summed E-state index contributed by atoms with van der Waals surface area (Å²) in [4.78, 5) is 0. The molecule has 0 spiro atoms. The average Bonchev–Trinajstić information content (AvgIpc) is 3.53. The Bertz CT molecular complexity index is 2120. The van der Waals surface area contributed by atoms with E-state index < -0.39 is 0 Å². The first-order chi connectivity index (χ1) is 19.2. The third-order valence-corrected chi connectivity index (χ3v) is 7.95. The molecule has 0 unspecified atom stereocenters. The number of rotatable bonds is 3. The summed E-state index contributed by atoms with van der Waals surface area (Å²) in [5.74, 6) is 0. The highest BCUT2D eigenvalue weighted by molar-refractivity contribution is 6.09. The number of hydrogen-bond acceptors (Lipinski definition) is 1. The van der Waals surface area contributed by atoms with Gasteiger partial charge in [-0.25, -0.2) is 0 Å². The van der Waals surface area contributed by atoms with E-state index >= 15 is 0 Å². The van der Waals surface area contributed by atoms with Crippen LogP contribution in [0.15, 0.2) is 138 Å². The number of aromatic nitrogens is 1. The summed E-state index contributed by atoms with van der Waals surface area (Å²) in [5.41, 5.74) is 11.6. The summed E-state index contributed by atoms with van der Waals surface area (Å²) >= 11 is 0. The van der Waals surface area contributed by atoms with Gasteiger partial charge in [-0.05, 0) is 77.2 Å². The third-order valence-electron chi connectivity index (χ3n) is 7.95. The Morgan fingerprint density at radius 1 is 0.436 bits per heavy atom. The smallest absolute Gasteiger partial charge is 0.135 e. The summed E-state index contributed by atoms with van der Waals surface area (Å²) in [7, 11) is 0. The highest BCUT2D eigenvalue weighted by Crippen LogP contribution is 2.35. The Morgan fingerprint density at radius 3 is 1.62 bits per heavy atom. The van der Waals surface area contributed by atoms with Crippen molar-refractivity contribution < 1.29 is 4.42 Å². The Morgan fingerprint density at radius 2 is 0.949 bits per heavy atom. The fraction of sp³-hybridized carbons (Fsp3) is 0.0270. The Kier molecular flexibility index (Phi) is 4.77. The molecule has 6 aromatic carbocycles. The summed E-state index contributed by atoms with van der Waals surface area (Å²) < 4.78 is 8.40. The maximum absolute atomic E-state index is 6.01. The quantitative estimate of drug-likeness (QED) is 0.236. The van der Waals surface area contributed by atoms with Gasteiger partial charge in [0.1, 0.15) is 11.2 Å². The predicted octanol–water partition coefficient (Wildman–Crippen LogP) is 10.3. The van der Waals surface area contributed by atoms with Gasteiger partial charge in [0.25, 0.3) is 0 Å². The molecular weight excluding hydrogens is 474 g/mol. The maximum atomic E-state index is 6.01.